The van der Waals surface area contributed by atoms with Gasteiger partial charge in [-0.25, -0.2) is 0 Å². The third-order valence-corrected chi connectivity index (χ3v) is 5.38. The monoisotopic (exact) mass is 372 g/mol. The summed E-state index contributed by atoms with van der Waals surface area (Å²) < 4.78 is 0. The van der Waals surface area contributed by atoms with E-state index in [0.717, 1.165) is 22.8 Å². The van der Waals surface area contributed by atoms with E-state index in [1.807, 2.05) is 64.4 Å². The molecule has 1 aliphatic rings. The van der Waals surface area contributed by atoms with Crippen LogP contribution in [0.4, 0.5) is 0 Å². The van der Waals surface area contributed by atoms with Crippen molar-refractivity contribution < 1.29 is 9.59 Å². The fraction of sp³-hybridized carbons (Fsp3) is 0.250. The molecule has 0 unspecified atom stereocenters. The zero-order valence-electron chi connectivity index (χ0n) is 15.9. The molecule has 0 atom stereocenters. The molecular formula is C24H24N2O2. The van der Waals surface area contributed by atoms with E-state index in [0.29, 0.717) is 38.2 Å². The van der Waals surface area contributed by atoms with Crippen molar-refractivity contribution >= 4 is 22.6 Å². The van der Waals surface area contributed by atoms with Gasteiger partial charge in [-0.2, -0.15) is 0 Å². The number of nitrogens with zero attached hydrogens (tertiary/aromatic N) is 2. The van der Waals surface area contributed by atoms with Crippen LogP contribution in [0.3, 0.4) is 0 Å². The van der Waals surface area contributed by atoms with Crippen LogP contribution in [0.25, 0.3) is 10.8 Å². The highest BCUT2D eigenvalue weighted by Crippen LogP contribution is 2.20. The fourth-order valence-electron chi connectivity index (χ4n) is 3.85. The topological polar surface area (TPSA) is 40.6 Å². The van der Waals surface area contributed by atoms with Crippen molar-refractivity contribution in [2.24, 2.45) is 0 Å². The molecule has 142 valence electrons. The summed E-state index contributed by atoms with van der Waals surface area (Å²) in [5.41, 5.74) is 1.77. The van der Waals surface area contributed by atoms with Crippen LogP contribution >= 0.6 is 0 Å². The first-order valence-corrected chi connectivity index (χ1v) is 9.81. The van der Waals surface area contributed by atoms with Gasteiger partial charge in [-0.1, -0.05) is 60.7 Å². The Balaban J connectivity index is 1.43. The second kappa shape index (κ2) is 8.26. The van der Waals surface area contributed by atoms with Crippen LogP contribution in [0.5, 0.6) is 0 Å². The summed E-state index contributed by atoms with van der Waals surface area (Å²) in [5, 5.41) is 2.29. The van der Waals surface area contributed by atoms with Gasteiger partial charge in [0.15, 0.2) is 0 Å². The lowest BCUT2D eigenvalue weighted by Gasteiger charge is -2.22. The van der Waals surface area contributed by atoms with Gasteiger partial charge in [0.25, 0.3) is 5.91 Å². The number of rotatable bonds is 3. The molecule has 0 aromatic heterocycles. The summed E-state index contributed by atoms with van der Waals surface area (Å²) in [7, 11) is 0. The van der Waals surface area contributed by atoms with Gasteiger partial charge < -0.3 is 9.80 Å². The number of hydrogen-bond acceptors (Lipinski definition) is 2. The molecule has 1 heterocycles. The van der Waals surface area contributed by atoms with E-state index in [-0.39, 0.29) is 11.8 Å². The molecule has 0 bridgehead atoms. The van der Waals surface area contributed by atoms with Crippen molar-refractivity contribution in [3.63, 3.8) is 0 Å². The van der Waals surface area contributed by atoms with Crippen molar-refractivity contribution in [1.29, 1.82) is 0 Å². The summed E-state index contributed by atoms with van der Waals surface area (Å²) in [6, 6.07) is 23.6. The second-order valence-electron chi connectivity index (χ2n) is 7.21. The van der Waals surface area contributed by atoms with Gasteiger partial charge in [-0.3, -0.25) is 9.59 Å². The summed E-state index contributed by atoms with van der Waals surface area (Å²) in [5.74, 6) is 0.175. The molecule has 0 N–H and O–H groups in total. The van der Waals surface area contributed by atoms with Crippen LogP contribution in [-0.4, -0.2) is 47.8 Å². The maximum absolute atomic E-state index is 12.9. The molecule has 1 fully saturated rings. The average molecular weight is 372 g/mol. The Morgan fingerprint density at radius 2 is 1.39 bits per heavy atom. The summed E-state index contributed by atoms with van der Waals surface area (Å²) in [6.07, 6.45) is 1.20. The van der Waals surface area contributed by atoms with Crippen molar-refractivity contribution in [2.45, 2.75) is 12.8 Å². The van der Waals surface area contributed by atoms with Crippen LogP contribution in [-0.2, 0) is 11.2 Å². The number of hydrogen-bond donors (Lipinski definition) is 0. The lowest BCUT2D eigenvalue weighted by Crippen LogP contribution is -2.38. The molecule has 1 aliphatic heterocycles. The molecule has 4 nitrogen and oxygen atoms in total. The molecule has 0 radical (unpaired) electrons. The van der Waals surface area contributed by atoms with E-state index in [1.165, 1.54) is 0 Å². The quantitative estimate of drug-likeness (QED) is 0.702. The average Bonchev–Trinajstić information content (AvgIpc) is 3.00. The van der Waals surface area contributed by atoms with E-state index >= 15 is 0 Å². The van der Waals surface area contributed by atoms with Crippen LogP contribution in [0.15, 0.2) is 72.8 Å². The fourth-order valence-corrected chi connectivity index (χ4v) is 3.85. The van der Waals surface area contributed by atoms with Crippen molar-refractivity contribution in [2.75, 3.05) is 26.2 Å². The smallest absolute Gasteiger partial charge is 0.253 e. The highest BCUT2D eigenvalue weighted by atomic mass is 16.2. The maximum Gasteiger partial charge on any atom is 0.253 e. The van der Waals surface area contributed by atoms with E-state index in [4.69, 9.17) is 0 Å². The number of benzene rings is 3. The molecule has 4 heteroatoms. The molecule has 4 rings (SSSR count). The van der Waals surface area contributed by atoms with Gasteiger partial charge in [-0.05, 0) is 34.9 Å². The first-order valence-electron chi connectivity index (χ1n) is 9.81. The van der Waals surface area contributed by atoms with E-state index in [1.54, 1.807) is 0 Å². The second-order valence-corrected chi connectivity index (χ2v) is 7.21. The number of carbonyl (C=O) groups is 2. The Bertz CT molecular complexity index is 979. The Labute approximate surface area is 165 Å². The lowest BCUT2D eigenvalue weighted by atomic mass is 10.0. The standard InChI is InChI=1S/C24H24N2O2/c27-23(18-21-12-6-11-19-8-4-5-13-22(19)21)25-14-7-15-26(17-16-25)24(28)20-9-2-1-3-10-20/h1-6,8-13H,7,14-18H2. The Hall–Kier alpha value is -3.14. The molecule has 1 saturated heterocycles. The first kappa shape index (κ1) is 18.2. The summed E-state index contributed by atoms with van der Waals surface area (Å²) >= 11 is 0. The number of carbonyl (C=O) groups excluding carboxylic acids is 2. The predicted molar refractivity (Wildman–Crippen MR) is 111 cm³/mol. The number of fused-ring (bicyclic) bond motifs is 1. The van der Waals surface area contributed by atoms with E-state index in [9.17, 15) is 9.59 Å². The summed E-state index contributed by atoms with van der Waals surface area (Å²) in [4.78, 5) is 29.4. The van der Waals surface area contributed by atoms with Crippen LogP contribution in [0, 0.1) is 0 Å². The van der Waals surface area contributed by atoms with Crippen molar-refractivity contribution in [1.82, 2.24) is 9.80 Å². The molecular weight excluding hydrogens is 348 g/mol. The number of amides is 2. The molecule has 0 aliphatic carbocycles. The van der Waals surface area contributed by atoms with E-state index < -0.39 is 0 Å². The minimum atomic E-state index is 0.0453. The third kappa shape index (κ3) is 3.91. The Morgan fingerprint density at radius 1 is 0.714 bits per heavy atom. The first-order chi connectivity index (χ1) is 13.7. The molecule has 0 saturated carbocycles. The Morgan fingerprint density at radius 3 is 2.25 bits per heavy atom. The summed E-state index contributed by atoms with van der Waals surface area (Å²) in [6.45, 7) is 2.55. The normalized spacial score (nSPS) is 14.7. The molecule has 0 spiro atoms. The van der Waals surface area contributed by atoms with Gasteiger partial charge in [0.1, 0.15) is 0 Å². The van der Waals surface area contributed by atoms with Gasteiger partial charge in [0.2, 0.25) is 5.91 Å². The largest absolute Gasteiger partial charge is 0.341 e. The highest BCUT2D eigenvalue weighted by molar-refractivity contribution is 5.94. The maximum atomic E-state index is 12.9. The van der Waals surface area contributed by atoms with Crippen LogP contribution < -0.4 is 0 Å². The minimum Gasteiger partial charge on any atom is -0.341 e. The van der Waals surface area contributed by atoms with Gasteiger partial charge in [0, 0.05) is 31.7 Å². The Kier molecular flexibility index (Phi) is 5.38. The van der Waals surface area contributed by atoms with Crippen molar-refractivity contribution in [3.8, 4) is 0 Å². The zero-order valence-corrected chi connectivity index (χ0v) is 15.9. The van der Waals surface area contributed by atoms with Gasteiger partial charge >= 0.3 is 0 Å². The predicted octanol–water partition coefficient (Wildman–Crippen LogP) is 3.76. The highest BCUT2D eigenvalue weighted by Gasteiger charge is 2.23. The van der Waals surface area contributed by atoms with Gasteiger partial charge in [0.05, 0.1) is 6.42 Å². The molecule has 2 amide bonds. The van der Waals surface area contributed by atoms with Gasteiger partial charge in [-0.15, -0.1) is 0 Å². The van der Waals surface area contributed by atoms with E-state index in [2.05, 4.69) is 18.2 Å². The lowest BCUT2D eigenvalue weighted by molar-refractivity contribution is -0.130. The van der Waals surface area contributed by atoms with Crippen molar-refractivity contribution in [3.05, 3.63) is 83.9 Å². The third-order valence-electron chi connectivity index (χ3n) is 5.38. The zero-order chi connectivity index (χ0) is 19.3. The molecule has 28 heavy (non-hydrogen) atoms. The minimum absolute atomic E-state index is 0.0453. The molecule has 3 aromatic carbocycles. The SMILES string of the molecule is O=C(Cc1cccc2ccccc12)N1CCCN(C(=O)c2ccccc2)CC1. The molecule has 3 aromatic rings. The van der Waals surface area contributed by atoms with Crippen LogP contribution in [0.2, 0.25) is 0 Å². The van der Waals surface area contributed by atoms with Crippen LogP contribution in [0.1, 0.15) is 22.3 Å².